The Morgan fingerprint density at radius 2 is 1.90 bits per heavy atom. The van der Waals surface area contributed by atoms with Gasteiger partial charge in [-0.05, 0) is 24.6 Å². The molecule has 0 aliphatic rings. The van der Waals surface area contributed by atoms with E-state index in [0.29, 0.717) is 11.6 Å². The van der Waals surface area contributed by atoms with Crippen LogP contribution in [0.4, 0.5) is 18.3 Å². The third-order valence-electron chi connectivity index (χ3n) is 2.60. The molecule has 108 valence electrons. The Morgan fingerprint density at radius 3 is 2.40 bits per heavy atom. The van der Waals surface area contributed by atoms with Gasteiger partial charge in [-0.15, -0.1) is 11.3 Å². The van der Waals surface area contributed by atoms with Crippen LogP contribution in [0.25, 0.3) is 0 Å². The molecule has 20 heavy (non-hydrogen) atoms. The lowest BCUT2D eigenvalue weighted by Crippen LogP contribution is -2.19. The highest BCUT2D eigenvalue weighted by Crippen LogP contribution is 2.24. The average Bonchev–Trinajstić information content (AvgIpc) is 2.66. The fourth-order valence-corrected chi connectivity index (χ4v) is 2.54. The summed E-state index contributed by atoms with van der Waals surface area (Å²) < 4.78 is 40.7. The van der Waals surface area contributed by atoms with Crippen molar-refractivity contribution in [2.45, 2.75) is 19.5 Å². The van der Waals surface area contributed by atoms with E-state index in [2.05, 4.69) is 9.72 Å². The van der Waals surface area contributed by atoms with Gasteiger partial charge in [0.2, 0.25) is 0 Å². The number of benzene rings is 1. The van der Waals surface area contributed by atoms with Gasteiger partial charge in [-0.3, -0.25) is 0 Å². The molecule has 2 N–H and O–H groups in total. The van der Waals surface area contributed by atoms with Crippen molar-refractivity contribution in [2.75, 3.05) is 12.3 Å². The molecule has 2 aromatic rings. The summed E-state index contributed by atoms with van der Waals surface area (Å²) in [6.45, 7) is 0.597. The van der Waals surface area contributed by atoms with Crippen molar-refractivity contribution >= 4 is 16.5 Å². The lowest BCUT2D eigenvalue weighted by Gasteiger charge is -2.09. The summed E-state index contributed by atoms with van der Waals surface area (Å²) in [5.74, 6) is 0.201. The van der Waals surface area contributed by atoms with Crippen molar-refractivity contribution in [3.63, 3.8) is 0 Å². The van der Waals surface area contributed by atoms with E-state index in [1.54, 1.807) is 12.1 Å². The number of nitrogen functional groups attached to an aromatic ring is 1. The third kappa shape index (κ3) is 4.12. The van der Waals surface area contributed by atoms with E-state index in [-0.39, 0.29) is 5.75 Å². The number of ether oxygens (including phenoxy) is 1. The standard InChI is InChI=1S/C13H13F3N2OS/c1-8-11(20-12(17)18-8)6-9-2-4-10(5-3-9)19-7-13(14,15)16/h2-5H,6-7H2,1H3,(H2,17,18). The van der Waals surface area contributed by atoms with Crippen LogP contribution in [0.5, 0.6) is 5.75 Å². The Bertz CT molecular complexity index is 578. The van der Waals surface area contributed by atoms with E-state index < -0.39 is 12.8 Å². The van der Waals surface area contributed by atoms with Crippen molar-refractivity contribution in [3.8, 4) is 5.75 Å². The minimum Gasteiger partial charge on any atom is -0.484 e. The summed E-state index contributed by atoms with van der Waals surface area (Å²) in [7, 11) is 0. The van der Waals surface area contributed by atoms with Crippen LogP contribution in [-0.4, -0.2) is 17.8 Å². The summed E-state index contributed by atoms with van der Waals surface area (Å²) in [5.41, 5.74) is 7.47. The highest BCUT2D eigenvalue weighted by Gasteiger charge is 2.28. The first-order chi connectivity index (χ1) is 9.33. The van der Waals surface area contributed by atoms with Crippen LogP contribution in [0, 0.1) is 6.92 Å². The van der Waals surface area contributed by atoms with Crippen LogP contribution in [-0.2, 0) is 6.42 Å². The van der Waals surface area contributed by atoms with Gasteiger partial charge in [0.05, 0.1) is 5.69 Å². The van der Waals surface area contributed by atoms with Gasteiger partial charge in [-0.2, -0.15) is 13.2 Å². The summed E-state index contributed by atoms with van der Waals surface area (Å²) >= 11 is 1.41. The second-order valence-electron chi connectivity index (χ2n) is 4.29. The Hall–Kier alpha value is -1.76. The van der Waals surface area contributed by atoms with Gasteiger partial charge in [0, 0.05) is 11.3 Å². The Labute approximate surface area is 118 Å². The first-order valence-electron chi connectivity index (χ1n) is 5.84. The molecule has 2 rings (SSSR count). The van der Waals surface area contributed by atoms with Crippen LogP contribution >= 0.6 is 11.3 Å². The molecule has 0 saturated heterocycles. The molecule has 1 heterocycles. The zero-order valence-electron chi connectivity index (χ0n) is 10.7. The molecule has 0 bridgehead atoms. The maximum Gasteiger partial charge on any atom is 0.422 e. The zero-order valence-corrected chi connectivity index (χ0v) is 11.5. The van der Waals surface area contributed by atoms with Crippen LogP contribution < -0.4 is 10.5 Å². The smallest absolute Gasteiger partial charge is 0.422 e. The molecule has 0 spiro atoms. The molecule has 1 aromatic heterocycles. The SMILES string of the molecule is Cc1nc(N)sc1Cc1ccc(OCC(F)(F)F)cc1. The number of nitrogens with zero attached hydrogens (tertiary/aromatic N) is 1. The Morgan fingerprint density at radius 1 is 1.25 bits per heavy atom. The maximum atomic E-state index is 12.0. The van der Waals surface area contributed by atoms with Crippen molar-refractivity contribution in [3.05, 3.63) is 40.4 Å². The monoisotopic (exact) mass is 302 g/mol. The molecular weight excluding hydrogens is 289 g/mol. The van der Waals surface area contributed by atoms with Gasteiger partial charge in [0.1, 0.15) is 5.75 Å². The van der Waals surface area contributed by atoms with E-state index in [1.807, 2.05) is 6.92 Å². The molecule has 0 aliphatic heterocycles. The van der Waals surface area contributed by atoms with E-state index >= 15 is 0 Å². The maximum absolute atomic E-state index is 12.0. The number of aromatic nitrogens is 1. The zero-order chi connectivity index (χ0) is 14.8. The molecule has 3 nitrogen and oxygen atoms in total. The third-order valence-corrected chi connectivity index (χ3v) is 3.59. The predicted octanol–water partition coefficient (Wildman–Crippen LogP) is 3.57. The number of nitrogens with two attached hydrogens (primary N) is 1. The van der Waals surface area contributed by atoms with E-state index in [1.165, 1.54) is 23.5 Å². The van der Waals surface area contributed by atoms with Crippen molar-refractivity contribution < 1.29 is 17.9 Å². The highest BCUT2D eigenvalue weighted by molar-refractivity contribution is 7.15. The van der Waals surface area contributed by atoms with Gasteiger partial charge in [-0.25, -0.2) is 4.98 Å². The summed E-state index contributed by atoms with van der Waals surface area (Å²) in [5, 5.41) is 0.516. The number of halogens is 3. The second kappa shape index (κ2) is 5.70. The summed E-state index contributed by atoms with van der Waals surface area (Å²) in [4.78, 5) is 5.18. The van der Waals surface area contributed by atoms with Gasteiger partial charge in [-0.1, -0.05) is 12.1 Å². The lowest BCUT2D eigenvalue weighted by molar-refractivity contribution is -0.153. The summed E-state index contributed by atoms with van der Waals surface area (Å²) in [6.07, 6.45) is -3.67. The Kier molecular flexibility index (Phi) is 4.17. The van der Waals surface area contributed by atoms with Gasteiger partial charge in [0.15, 0.2) is 11.7 Å². The van der Waals surface area contributed by atoms with E-state index in [9.17, 15) is 13.2 Å². The van der Waals surface area contributed by atoms with Crippen molar-refractivity contribution in [2.24, 2.45) is 0 Å². The molecular formula is C13H13F3N2OS. The van der Waals surface area contributed by atoms with E-state index in [4.69, 9.17) is 5.73 Å². The van der Waals surface area contributed by atoms with E-state index in [0.717, 1.165) is 16.1 Å². The van der Waals surface area contributed by atoms with Crippen LogP contribution in [0.1, 0.15) is 16.1 Å². The molecule has 0 unspecified atom stereocenters. The van der Waals surface area contributed by atoms with Crippen LogP contribution in [0.15, 0.2) is 24.3 Å². The molecule has 0 amide bonds. The topological polar surface area (TPSA) is 48.1 Å². The molecule has 0 aliphatic carbocycles. The highest BCUT2D eigenvalue weighted by atomic mass is 32.1. The molecule has 1 aromatic carbocycles. The lowest BCUT2D eigenvalue weighted by atomic mass is 10.1. The second-order valence-corrected chi connectivity index (χ2v) is 5.40. The number of hydrogen-bond donors (Lipinski definition) is 1. The predicted molar refractivity (Wildman–Crippen MR) is 72.1 cm³/mol. The molecule has 0 atom stereocenters. The molecule has 0 radical (unpaired) electrons. The van der Waals surface area contributed by atoms with Crippen LogP contribution in [0.2, 0.25) is 0 Å². The number of rotatable bonds is 4. The first-order valence-corrected chi connectivity index (χ1v) is 6.65. The van der Waals surface area contributed by atoms with Gasteiger partial charge in [0.25, 0.3) is 0 Å². The number of thiazole rings is 1. The van der Waals surface area contributed by atoms with Gasteiger partial charge >= 0.3 is 6.18 Å². The minimum atomic E-state index is -4.32. The quantitative estimate of drug-likeness (QED) is 0.939. The van der Waals surface area contributed by atoms with Gasteiger partial charge < -0.3 is 10.5 Å². The fourth-order valence-electron chi connectivity index (χ4n) is 1.67. The number of aryl methyl sites for hydroxylation is 1. The fraction of sp³-hybridized carbons (Fsp3) is 0.308. The number of alkyl halides is 3. The average molecular weight is 302 g/mol. The molecule has 0 saturated carbocycles. The van der Waals surface area contributed by atoms with Crippen molar-refractivity contribution in [1.29, 1.82) is 0 Å². The number of anilines is 1. The molecule has 7 heteroatoms. The number of hydrogen-bond acceptors (Lipinski definition) is 4. The van der Waals surface area contributed by atoms with Crippen LogP contribution in [0.3, 0.4) is 0 Å². The Balaban J connectivity index is 2.00. The van der Waals surface area contributed by atoms with Crippen molar-refractivity contribution in [1.82, 2.24) is 4.98 Å². The normalized spacial score (nSPS) is 11.6. The largest absolute Gasteiger partial charge is 0.484 e. The summed E-state index contributed by atoms with van der Waals surface area (Å²) in [6, 6.07) is 6.53. The molecule has 0 fully saturated rings. The minimum absolute atomic E-state index is 0.201. The first kappa shape index (κ1) is 14.6.